The summed E-state index contributed by atoms with van der Waals surface area (Å²) in [5.41, 5.74) is 0. The lowest BCUT2D eigenvalue weighted by molar-refractivity contribution is -0.167. The maximum atomic E-state index is 12.9. The van der Waals surface area contributed by atoms with Gasteiger partial charge in [0, 0.05) is 19.3 Å². The van der Waals surface area contributed by atoms with Gasteiger partial charge in [0.1, 0.15) is 13.2 Å². The van der Waals surface area contributed by atoms with Crippen molar-refractivity contribution in [2.45, 2.75) is 412 Å². The Hall–Kier alpha value is -2.63. The molecule has 1 atom stereocenters. The molecule has 0 saturated carbocycles. The van der Waals surface area contributed by atoms with Gasteiger partial charge < -0.3 is 14.2 Å². The Bertz CT molecular complexity index is 1430. The molecule has 0 bridgehead atoms. The lowest BCUT2D eigenvalue weighted by atomic mass is 10.0. The first kappa shape index (κ1) is 80.4. The van der Waals surface area contributed by atoms with Crippen LogP contribution in [-0.2, 0) is 28.6 Å². The van der Waals surface area contributed by atoms with Gasteiger partial charge in [-0.25, -0.2) is 0 Å². The lowest BCUT2D eigenvalue weighted by Crippen LogP contribution is -2.30. The zero-order valence-electron chi connectivity index (χ0n) is 56.0. The summed E-state index contributed by atoms with van der Waals surface area (Å²) in [5.74, 6) is -0.848. The molecule has 0 heterocycles. The van der Waals surface area contributed by atoms with Crippen LogP contribution in [0.2, 0.25) is 0 Å². The van der Waals surface area contributed by atoms with Crippen molar-refractivity contribution in [3.05, 3.63) is 48.6 Å². The van der Waals surface area contributed by atoms with E-state index in [-0.39, 0.29) is 31.1 Å². The fourth-order valence-corrected chi connectivity index (χ4v) is 11.2. The van der Waals surface area contributed by atoms with Crippen LogP contribution in [0.25, 0.3) is 0 Å². The molecule has 0 saturated heterocycles. The molecule has 83 heavy (non-hydrogen) atoms. The first-order chi connectivity index (χ1) is 41.0. The van der Waals surface area contributed by atoms with Crippen LogP contribution in [0.5, 0.6) is 0 Å². The Balaban J connectivity index is 3.99. The van der Waals surface area contributed by atoms with Crippen LogP contribution in [0.1, 0.15) is 406 Å². The average Bonchev–Trinajstić information content (AvgIpc) is 3.50. The van der Waals surface area contributed by atoms with E-state index in [1.807, 2.05) is 0 Å². The van der Waals surface area contributed by atoms with E-state index in [9.17, 15) is 14.4 Å². The number of hydrogen-bond acceptors (Lipinski definition) is 6. The molecule has 0 aliphatic carbocycles. The number of rotatable bonds is 69. The van der Waals surface area contributed by atoms with Gasteiger partial charge in [-0.1, -0.05) is 352 Å². The molecule has 0 aromatic carbocycles. The third-order valence-corrected chi connectivity index (χ3v) is 16.8. The Kier molecular flexibility index (Phi) is 69.6. The summed E-state index contributed by atoms with van der Waals surface area (Å²) in [6, 6.07) is 0. The standard InChI is InChI=1S/C77H142O6/c1-4-7-10-13-16-18-20-22-24-26-28-30-32-34-36-37-38-39-41-42-44-46-48-50-52-54-56-58-61-64-67-70-76(79)82-73-74(72-81-75(78)69-66-63-60-15-12-9-6-3)83-77(80)71-68-65-62-59-57-55-53-51-49-47-45-43-40-35-33-31-29-27-25-23-21-19-17-14-11-8-5-2/h20-23,26-29,74H,4-19,24-25,30-73H2,1-3H3/b22-20-,23-21-,28-26-,29-27-. The fraction of sp³-hybridized carbons (Fsp3) is 0.857. The third-order valence-electron chi connectivity index (χ3n) is 16.8. The van der Waals surface area contributed by atoms with Crippen LogP contribution in [0.4, 0.5) is 0 Å². The molecule has 6 heteroatoms. The van der Waals surface area contributed by atoms with E-state index in [2.05, 4.69) is 69.4 Å². The average molecular weight is 1160 g/mol. The van der Waals surface area contributed by atoms with Crippen molar-refractivity contribution < 1.29 is 28.6 Å². The van der Waals surface area contributed by atoms with Gasteiger partial charge >= 0.3 is 17.9 Å². The molecular formula is C77H142O6. The van der Waals surface area contributed by atoms with E-state index in [4.69, 9.17) is 14.2 Å². The molecule has 0 aromatic rings. The van der Waals surface area contributed by atoms with E-state index in [1.54, 1.807) is 0 Å². The number of allylic oxidation sites excluding steroid dienone is 8. The molecule has 0 fully saturated rings. The normalized spacial score (nSPS) is 12.3. The van der Waals surface area contributed by atoms with Gasteiger partial charge in [0.05, 0.1) is 0 Å². The van der Waals surface area contributed by atoms with E-state index < -0.39 is 6.10 Å². The van der Waals surface area contributed by atoms with Crippen LogP contribution in [0, 0.1) is 0 Å². The highest BCUT2D eigenvalue weighted by molar-refractivity contribution is 5.71. The van der Waals surface area contributed by atoms with Crippen molar-refractivity contribution >= 4 is 17.9 Å². The topological polar surface area (TPSA) is 78.9 Å². The quantitative estimate of drug-likeness (QED) is 0.0261. The van der Waals surface area contributed by atoms with Gasteiger partial charge in [-0.3, -0.25) is 14.4 Å². The zero-order valence-corrected chi connectivity index (χ0v) is 56.0. The molecule has 486 valence electrons. The van der Waals surface area contributed by atoms with Crippen LogP contribution in [-0.4, -0.2) is 37.2 Å². The molecule has 0 aliphatic heterocycles. The third kappa shape index (κ3) is 70.0. The Morgan fingerprint density at radius 1 is 0.241 bits per heavy atom. The molecule has 6 nitrogen and oxygen atoms in total. The molecule has 0 aliphatic rings. The number of esters is 3. The summed E-state index contributed by atoms with van der Waals surface area (Å²) in [4.78, 5) is 38.2. The highest BCUT2D eigenvalue weighted by Crippen LogP contribution is 2.19. The number of unbranched alkanes of at least 4 members (excludes halogenated alkanes) is 50. The minimum absolute atomic E-state index is 0.0674. The van der Waals surface area contributed by atoms with E-state index in [0.29, 0.717) is 19.3 Å². The zero-order chi connectivity index (χ0) is 59.9. The SMILES string of the molecule is CCCCCCC/C=C\C/C=C\CCCCCCCCCCCCCCCCCCCCCC(=O)OCC(COC(=O)CCCCCCCCC)OC(=O)CCCCCCCCCCCCCCCCC/C=C\C/C=C\CCCCCCC. The van der Waals surface area contributed by atoms with Gasteiger partial charge in [-0.2, -0.15) is 0 Å². The molecule has 0 spiro atoms. The molecule has 0 aromatic heterocycles. The summed E-state index contributed by atoms with van der Waals surface area (Å²) < 4.78 is 16.9. The summed E-state index contributed by atoms with van der Waals surface area (Å²) in [6.07, 6.45) is 91.9. The predicted octanol–water partition coefficient (Wildman–Crippen LogP) is 25.7. The second-order valence-electron chi connectivity index (χ2n) is 25.2. The molecule has 1 unspecified atom stereocenters. The summed E-state index contributed by atoms with van der Waals surface area (Å²) in [6.45, 7) is 6.64. The summed E-state index contributed by atoms with van der Waals surface area (Å²) in [5, 5.41) is 0. The van der Waals surface area contributed by atoms with Gasteiger partial charge in [0.25, 0.3) is 0 Å². The van der Waals surface area contributed by atoms with Crippen molar-refractivity contribution in [1.29, 1.82) is 0 Å². The van der Waals surface area contributed by atoms with E-state index in [0.717, 1.165) is 70.6 Å². The van der Waals surface area contributed by atoms with Gasteiger partial charge in [-0.05, 0) is 83.5 Å². The fourth-order valence-electron chi connectivity index (χ4n) is 11.2. The number of carbonyl (C=O) groups excluding carboxylic acids is 3. The monoisotopic (exact) mass is 1160 g/mol. The smallest absolute Gasteiger partial charge is 0.306 e. The number of carbonyl (C=O) groups is 3. The molecule has 0 radical (unpaired) electrons. The Morgan fingerprint density at radius 2 is 0.434 bits per heavy atom. The minimum Gasteiger partial charge on any atom is -0.462 e. The number of hydrogen-bond donors (Lipinski definition) is 0. The van der Waals surface area contributed by atoms with Crippen LogP contribution in [0.15, 0.2) is 48.6 Å². The first-order valence-electron chi connectivity index (χ1n) is 37.1. The lowest BCUT2D eigenvalue weighted by Gasteiger charge is -2.18. The second kappa shape index (κ2) is 71.8. The number of ether oxygens (including phenoxy) is 3. The largest absolute Gasteiger partial charge is 0.462 e. The maximum Gasteiger partial charge on any atom is 0.306 e. The Labute approximate surface area is 518 Å². The van der Waals surface area contributed by atoms with E-state index in [1.165, 1.54) is 295 Å². The summed E-state index contributed by atoms with van der Waals surface area (Å²) in [7, 11) is 0. The van der Waals surface area contributed by atoms with Crippen molar-refractivity contribution in [2.24, 2.45) is 0 Å². The summed E-state index contributed by atoms with van der Waals surface area (Å²) >= 11 is 0. The second-order valence-corrected chi connectivity index (χ2v) is 25.2. The van der Waals surface area contributed by atoms with Crippen LogP contribution < -0.4 is 0 Å². The molecule has 0 rings (SSSR count). The van der Waals surface area contributed by atoms with Gasteiger partial charge in [0.15, 0.2) is 6.10 Å². The van der Waals surface area contributed by atoms with Gasteiger partial charge in [-0.15, -0.1) is 0 Å². The van der Waals surface area contributed by atoms with Gasteiger partial charge in [0.2, 0.25) is 0 Å². The molecule has 0 N–H and O–H groups in total. The highest BCUT2D eigenvalue weighted by atomic mass is 16.6. The van der Waals surface area contributed by atoms with Crippen molar-refractivity contribution in [3.8, 4) is 0 Å². The highest BCUT2D eigenvalue weighted by Gasteiger charge is 2.19. The first-order valence-corrected chi connectivity index (χ1v) is 37.1. The predicted molar refractivity (Wildman–Crippen MR) is 362 cm³/mol. The van der Waals surface area contributed by atoms with Crippen molar-refractivity contribution in [2.75, 3.05) is 13.2 Å². The van der Waals surface area contributed by atoms with Crippen molar-refractivity contribution in [3.63, 3.8) is 0 Å². The molecular weight excluding hydrogens is 1020 g/mol. The minimum atomic E-state index is -0.769. The van der Waals surface area contributed by atoms with Crippen LogP contribution >= 0.6 is 0 Å². The van der Waals surface area contributed by atoms with E-state index >= 15 is 0 Å². The van der Waals surface area contributed by atoms with Crippen molar-refractivity contribution in [1.82, 2.24) is 0 Å². The maximum absolute atomic E-state index is 12.9. The Morgan fingerprint density at radius 3 is 0.663 bits per heavy atom. The van der Waals surface area contributed by atoms with Crippen LogP contribution in [0.3, 0.4) is 0 Å². The molecule has 0 amide bonds.